The highest BCUT2D eigenvalue weighted by molar-refractivity contribution is 9.10. The second-order valence-electron chi connectivity index (χ2n) is 4.86. The number of likely N-dealkylation sites (N-methyl/N-ethyl adjacent to an activating group) is 1. The van der Waals surface area contributed by atoms with Crippen LogP contribution < -0.4 is 5.32 Å². The highest BCUT2D eigenvalue weighted by atomic mass is 79.9. The maximum absolute atomic E-state index is 13.9. The molecule has 3 nitrogen and oxygen atoms in total. The number of pyridine rings is 1. The van der Waals surface area contributed by atoms with Crippen molar-refractivity contribution in [3.8, 4) is 0 Å². The summed E-state index contributed by atoms with van der Waals surface area (Å²) in [6.45, 7) is 0.347. The highest BCUT2D eigenvalue weighted by Gasteiger charge is 2.22. The van der Waals surface area contributed by atoms with Crippen LogP contribution in [0.25, 0.3) is 0 Å². The molecule has 1 unspecified atom stereocenters. The van der Waals surface area contributed by atoms with Gasteiger partial charge < -0.3 is 10.2 Å². The van der Waals surface area contributed by atoms with Gasteiger partial charge in [-0.1, -0.05) is 6.07 Å². The largest absolute Gasteiger partial charge is 0.368 e. The Morgan fingerprint density at radius 1 is 1.19 bits per heavy atom. The van der Waals surface area contributed by atoms with Gasteiger partial charge >= 0.3 is 0 Å². The normalized spacial score (nSPS) is 12.5. The van der Waals surface area contributed by atoms with Gasteiger partial charge in [0.1, 0.15) is 17.5 Å². The van der Waals surface area contributed by atoms with E-state index in [-0.39, 0.29) is 5.56 Å². The van der Waals surface area contributed by atoms with E-state index in [0.29, 0.717) is 12.4 Å². The third kappa shape index (κ3) is 3.98. The molecule has 1 heterocycles. The average molecular weight is 356 g/mol. The summed E-state index contributed by atoms with van der Waals surface area (Å²) in [7, 11) is 3.57. The number of hydrogen-bond acceptors (Lipinski definition) is 3. The van der Waals surface area contributed by atoms with Crippen LogP contribution in [0, 0.1) is 11.6 Å². The van der Waals surface area contributed by atoms with E-state index in [1.54, 1.807) is 31.3 Å². The predicted molar refractivity (Wildman–Crippen MR) is 83.2 cm³/mol. The van der Waals surface area contributed by atoms with Crippen molar-refractivity contribution in [1.82, 2.24) is 9.88 Å². The van der Waals surface area contributed by atoms with Gasteiger partial charge in [0.2, 0.25) is 0 Å². The van der Waals surface area contributed by atoms with Gasteiger partial charge in [0.25, 0.3) is 0 Å². The Morgan fingerprint density at radius 3 is 2.38 bits per heavy atom. The zero-order valence-electron chi connectivity index (χ0n) is 11.8. The molecule has 0 aliphatic carbocycles. The monoisotopic (exact) mass is 355 g/mol. The molecular formula is C15H16BrF2N3. The van der Waals surface area contributed by atoms with Crippen LogP contribution in [0.1, 0.15) is 11.6 Å². The fourth-order valence-electron chi connectivity index (χ4n) is 2.05. The van der Waals surface area contributed by atoms with Crippen LogP contribution in [0.3, 0.4) is 0 Å². The Balaban J connectivity index is 2.18. The lowest BCUT2D eigenvalue weighted by Gasteiger charge is -2.26. The topological polar surface area (TPSA) is 28.2 Å². The first kappa shape index (κ1) is 15.9. The standard InChI is InChI=1S/C15H16BrF2N3/c1-21(2)13(15-11(17)4-3-5-12(15)18)9-20-14-7-6-10(16)8-19-14/h3-8,13H,9H2,1-2H3,(H,19,20). The van der Waals surface area contributed by atoms with Crippen LogP contribution in [0.4, 0.5) is 14.6 Å². The van der Waals surface area contributed by atoms with Gasteiger partial charge in [0.15, 0.2) is 0 Å². The van der Waals surface area contributed by atoms with Crippen molar-refractivity contribution in [2.24, 2.45) is 0 Å². The van der Waals surface area contributed by atoms with Gasteiger partial charge in [-0.25, -0.2) is 13.8 Å². The summed E-state index contributed by atoms with van der Waals surface area (Å²) in [5, 5.41) is 3.10. The average Bonchev–Trinajstić information content (AvgIpc) is 2.43. The van der Waals surface area contributed by atoms with Gasteiger partial charge in [-0.05, 0) is 54.3 Å². The molecule has 2 rings (SSSR count). The van der Waals surface area contributed by atoms with E-state index in [1.807, 2.05) is 6.07 Å². The maximum Gasteiger partial charge on any atom is 0.130 e. The van der Waals surface area contributed by atoms with E-state index in [2.05, 4.69) is 26.2 Å². The van der Waals surface area contributed by atoms with Gasteiger partial charge in [-0.15, -0.1) is 0 Å². The predicted octanol–water partition coefficient (Wildman–Crippen LogP) is 3.84. The minimum Gasteiger partial charge on any atom is -0.368 e. The molecular weight excluding hydrogens is 340 g/mol. The van der Waals surface area contributed by atoms with Crippen LogP contribution in [0.15, 0.2) is 41.0 Å². The van der Waals surface area contributed by atoms with Crippen molar-refractivity contribution in [3.05, 3.63) is 58.2 Å². The molecule has 0 saturated heterocycles. The van der Waals surface area contributed by atoms with Crippen molar-refractivity contribution in [2.75, 3.05) is 26.0 Å². The Hall–Kier alpha value is -1.53. The van der Waals surface area contributed by atoms with Crippen LogP contribution >= 0.6 is 15.9 Å². The molecule has 2 aromatic rings. The molecule has 1 N–H and O–H groups in total. The molecule has 0 radical (unpaired) electrons. The number of benzene rings is 1. The molecule has 0 spiro atoms. The number of nitrogens with zero attached hydrogens (tertiary/aromatic N) is 2. The van der Waals surface area contributed by atoms with Gasteiger partial charge in [0, 0.05) is 22.8 Å². The summed E-state index contributed by atoms with van der Waals surface area (Å²) in [5.74, 6) is -0.430. The Bertz CT molecular complexity index is 582. The van der Waals surface area contributed by atoms with E-state index in [4.69, 9.17) is 0 Å². The lowest BCUT2D eigenvalue weighted by molar-refractivity contribution is 0.295. The molecule has 0 bridgehead atoms. The molecule has 1 aromatic heterocycles. The molecule has 6 heteroatoms. The first-order chi connectivity index (χ1) is 9.99. The summed E-state index contributed by atoms with van der Waals surface area (Å²) < 4.78 is 28.7. The number of halogens is 3. The number of hydrogen-bond donors (Lipinski definition) is 1. The van der Waals surface area contributed by atoms with Crippen LogP contribution in [-0.2, 0) is 0 Å². The van der Waals surface area contributed by atoms with Gasteiger partial charge in [-0.2, -0.15) is 0 Å². The van der Waals surface area contributed by atoms with Crippen molar-refractivity contribution >= 4 is 21.7 Å². The molecule has 0 aliphatic heterocycles. The third-order valence-electron chi connectivity index (χ3n) is 3.16. The molecule has 0 aliphatic rings. The summed E-state index contributed by atoms with van der Waals surface area (Å²) in [6, 6.07) is 7.12. The van der Waals surface area contributed by atoms with E-state index < -0.39 is 17.7 Å². The Morgan fingerprint density at radius 2 is 1.86 bits per heavy atom. The first-order valence-corrected chi connectivity index (χ1v) is 7.24. The lowest BCUT2D eigenvalue weighted by Crippen LogP contribution is -2.28. The van der Waals surface area contributed by atoms with Crippen molar-refractivity contribution in [1.29, 1.82) is 0 Å². The number of aromatic nitrogens is 1. The second kappa shape index (κ2) is 6.95. The third-order valence-corrected chi connectivity index (χ3v) is 3.63. The molecule has 1 atom stereocenters. The summed E-state index contributed by atoms with van der Waals surface area (Å²) >= 11 is 3.31. The summed E-state index contributed by atoms with van der Waals surface area (Å²) in [6.07, 6.45) is 1.66. The Kier molecular flexibility index (Phi) is 5.25. The number of nitrogens with one attached hydrogen (secondary N) is 1. The SMILES string of the molecule is CN(C)C(CNc1ccc(Br)cn1)c1c(F)cccc1F. The fraction of sp³-hybridized carbons (Fsp3) is 0.267. The van der Waals surface area contributed by atoms with E-state index in [9.17, 15) is 8.78 Å². The lowest BCUT2D eigenvalue weighted by atomic mass is 10.0. The second-order valence-corrected chi connectivity index (χ2v) is 5.77. The minimum atomic E-state index is -0.542. The highest BCUT2D eigenvalue weighted by Crippen LogP contribution is 2.25. The van der Waals surface area contributed by atoms with Crippen LogP contribution in [0.2, 0.25) is 0 Å². The maximum atomic E-state index is 13.9. The Labute approximate surface area is 131 Å². The van der Waals surface area contributed by atoms with E-state index >= 15 is 0 Å². The molecule has 1 aromatic carbocycles. The van der Waals surface area contributed by atoms with Crippen LogP contribution in [0.5, 0.6) is 0 Å². The van der Waals surface area contributed by atoms with Crippen LogP contribution in [-0.4, -0.2) is 30.5 Å². The zero-order valence-corrected chi connectivity index (χ0v) is 13.4. The minimum absolute atomic E-state index is 0.0621. The molecule has 0 saturated carbocycles. The van der Waals surface area contributed by atoms with Crippen molar-refractivity contribution < 1.29 is 8.78 Å². The summed E-state index contributed by atoms with van der Waals surface area (Å²) in [5.41, 5.74) is 0.0621. The van der Waals surface area contributed by atoms with E-state index in [1.165, 1.54) is 18.2 Å². The van der Waals surface area contributed by atoms with Gasteiger partial charge in [0.05, 0.1) is 6.04 Å². The van der Waals surface area contributed by atoms with Gasteiger partial charge in [-0.3, -0.25) is 0 Å². The quantitative estimate of drug-likeness (QED) is 0.883. The smallest absolute Gasteiger partial charge is 0.130 e. The van der Waals surface area contributed by atoms with Crippen molar-refractivity contribution in [2.45, 2.75) is 6.04 Å². The number of rotatable bonds is 5. The number of anilines is 1. The zero-order chi connectivity index (χ0) is 15.4. The van der Waals surface area contributed by atoms with E-state index in [0.717, 1.165) is 4.47 Å². The fourth-order valence-corrected chi connectivity index (χ4v) is 2.29. The first-order valence-electron chi connectivity index (χ1n) is 6.45. The molecule has 21 heavy (non-hydrogen) atoms. The van der Waals surface area contributed by atoms with Crippen molar-refractivity contribution in [3.63, 3.8) is 0 Å². The molecule has 0 amide bonds. The summed E-state index contributed by atoms with van der Waals surface area (Å²) in [4.78, 5) is 5.96. The molecule has 112 valence electrons. The molecule has 0 fully saturated rings.